The number of benzene rings is 2. The van der Waals surface area contributed by atoms with Gasteiger partial charge in [0.25, 0.3) is 0 Å². The molecule has 2 aromatic carbocycles. The lowest BCUT2D eigenvalue weighted by molar-refractivity contribution is -0.145. The van der Waals surface area contributed by atoms with Gasteiger partial charge >= 0.3 is 12.1 Å². The third kappa shape index (κ3) is 7.12. The molecule has 2 atom stereocenters. The molecule has 0 spiro atoms. The number of rotatable bonds is 10. The minimum atomic E-state index is -0.232. The van der Waals surface area contributed by atoms with Gasteiger partial charge in [0.05, 0.1) is 6.04 Å². The van der Waals surface area contributed by atoms with Crippen LogP contribution in [0, 0.1) is 0 Å². The number of ether oxygens (including phenoxy) is 2. The molecule has 204 valence electrons. The van der Waals surface area contributed by atoms with Gasteiger partial charge in [-0.2, -0.15) is 0 Å². The maximum Gasteiger partial charge on any atom is 0.410 e. The van der Waals surface area contributed by atoms with E-state index in [1.165, 1.54) is 5.56 Å². The molecule has 3 aliphatic heterocycles. The van der Waals surface area contributed by atoms with Crippen LogP contribution in [0.4, 0.5) is 4.79 Å². The zero-order valence-electron chi connectivity index (χ0n) is 22.2. The average molecular weight is 521 g/mol. The van der Waals surface area contributed by atoms with Crippen molar-refractivity contribution in [3.63, 3.8) is 0 Å². The first-order chi connectivity index (χ1) is 18.7. The molecule has 38 heavy (non-hydrogen) atoms. The molecule has 3 fully saturated rings. The summed E-state index contributed by atoms with van der Waals surface area (Å²) in [5.74, 6) is -0.230. The van der Waals surface area contributed by atoms with E-state index in [-0.39, 0.29) is 43.3 Å². The second-order valence-corrected chi connectivity index (χ2v) is 10.6. The predicted octanol–water partition coefficient (Wildman–Crippen LogP) is 3.27. The first-order valence-corrected chi connectivity index (χ1v) is 14.0. The minimum Gasteiger partial charge on any atom is -0.461 e. The highest BCUT2D eigenvalue weighted by atomic mass is 16.6. The molecule has 2 aromatic rings. The number of nitrogens with one attached hydrogen (secondary N) is 1. The molecule has 2 unspecified atom stereocenters. The fraction of sp³-hybridized carbons (Fsp3) is 0.533. The Kier molecular flexibility index (Phi) is 9.28. The van der Waals surface area contributed by atoms with Crippen molar-refractivity contribution in [3.05, 3.63) is 71.8 Å². The number of amides is 1. The van der Waals surface area contributed by atoms with Crippen molar-refractivity contribution in [1.82, 2.24) is 20.0 Å². The zero-order valence-corrected chi connectivity index (χ0v) is 22.2. The average Bonchev–Trinajstić information content (AvgIpc) is 3.27. The van der Waals surface area contributed by atoms with Gasteiger partial charge in [-0.1, -0.05) is 60.7 Å². The number of carbonyl (C=O) groups is 2. The molecule has 8 nitrogen and oxygen atoms in total. The number of cyclic esters (lactones) is 1. The number of hydrogen-bond acceptors (Lipinski definition) is 7. The molecule has 0 radical (unpaired) electrons. The molecule has 3 aliphatic rings. The maximum absolute atomic E-state index is 13.2. The van der Waals surface area contributed by atoms with Crippen LogP contribution in [0.3, 0.4) is 0 Å². The van der Waals surface area contributed by atoms with Crippen LogP contribution in [0.2, 0.25) is 0 Å². The third-order valence-electron chi connectivity index (χ3n) is 7.98. The topological polar surface area (TPSA) is 74.4 Å². The molecular formula is C30H40N4O4. The summed E-state index contributed by atoms with van der Waals surface area (Å²) in [7, 11) is 0. The Morgan fingerprint density at radius 2 is 1.55 bits per heavy atom. The second kappa shape index (κ2) is 13.2. The van der Waals surface area contributed by atoms with E-state index in [1.807, 2.05) is 41.3 Å². The third-order valence-corrected chi connectivity index (χ3v) is 7.98. The molecule has 0 bridgehead atoms. The zero-order chi connectivity index (χ0) is 26.2. The fourth-order valence-electron chi connectivity index (χ4n) is 5.91. The van der Waals surface area contributed by atoms with E-state index in [4.69, 9.17) is 9.47 Å². The molecule has 8 heteroatoms. The van der Waals surface area contributed by atoms with Crippen LogP contribution in [-0.4, -0.2) is 90.8 Å². The summed E-state index contributed by atoms with van der Waals surface area (Å²) in [4.78, 5) is 32.7. The molecule has 0 aliphatic carbocycles. The summed E-state index contributed by atoms with van der Waals surface area (Å²) in [5.41, 5.74) is 2.29. The standard InChI is InChI=1S/C30H40N4O4/c35-29(37-23-25-9-5-2-6-10-25)12-11-27-28(22-33-19-15-31-16-20-33)38-30(36)34(27)26-13-17-32(18-14-26)21-24-7-3-1-4-8-24/h1-10,26-28,31H,11-23H2. The van der Waals surface area contributed by atoms with Crippen LogP contribution in [-0.2, 0) is 27.4 Å². The Hall–Kier alpha value is -2.94. The molecule has 1 N–H and O–H groups in total. The van der Waals surface area contributed by atoms with Gasteiger partial charge in [-0.15, -0.1) is 0 Å². The van der Waals surface area contributed by atoms with Gasteiger partial charge in [-0.3, -0.25) is 19.5 Å². The smallest absolute Gasteiger partial charge is 0.410 e. The first kappa shape index (κ1) is 26.7. The van der Waals surface area contributed by atoms with Gasteiger partial charge in [0.2, 0.25) is 0 Å². The summed E-state index contributed by atoms with van der Waals surface area (Å²) in [6, 6.07) is 20.3. The summed E-state index contributed by atoms with van der Waals surface area (Å²) in [6.07, 6.45) is 2.20. The second-order valence-electron chi connectivity index (χ2n) is 10.6. The van der Waals surface area contributed by atoms with Crippen molar-refractivity contribution < 1.29 is 19.1 Å². The number of likely N-dealkylation sites (tertiary alicyclic amines) is 1. The molecule has 5 rings (SSSR count). The molecule has 0 saturated carbocycles. The number of nitrogens with zero attached hydrogens (tertiary/aromatic N) is 3. The lowest BCUT2D eigenvalue weighted by atomic mass is 9.97. The quantitative estimate of drug-likeness (QED) is 0.482. The number of piperidine rings is 1. The number of hydrogen-bond donors (Lipinski definition) is 1. The first-order valence-electron chi connectivity index (χ1n) is 14.0. The molecule has 0 aromatic heterocycles. The highest BCUT2D eigenvalue weighted by molar-refractivity contribution is 5.72. The largest absolute Gasteiger partial charge is 0.461 e. The van der Waals surface area contributed by atoms with Crippen LogP contribution in [0.25, 0.3) is 0 Å². The highest BCUT2D eigenvalue weighted by Gasteiger charge is 2.46. The lowest BCUT2D eigenvalue weighted by Gasteiger charge is -2.39. The van der Waals surface area contributed by atoms with Crippen molar-refractivity contribution in [3.8, 4) is 0 Å². The highest BCUT2D eigenvalue weighted by Crippen LogP contribution is 2.31. The normalized spacial score (nSPS) is 23.4. The van der Waals surface area contributed by atoms with Crippen molar-refractivity contribution in [2.75, 3.05) is 45.8 Å². The Labute approximate surface area is 225 Å². The molecule has 3 saturated heterocycles. The lowest BCUT2D eigenvalue weighted by Crippen LogP contribution is -2.52. The predicted molar refractivity (Wildman–Crippen MR) is 145 cm³/mol. The van der Waals surface area contributed by atoms with Crippen molar-refractivity contribution in [1.29, 1.82) is 0 Å². The van der Waals surface area contributed by atoms with Crippen molar-refractivity contribution in [2.24, 2.45) is 0 Å². The van der Waals surface area contributed by atoms with E-state index >= 15 is 0 Å². The summed E-state index contributed by atoms with van der Waals surface area (Å²) in [6.45, 7) is 7.57. The van der Waals surface area contributed by atoms with E-state index < -0.39 is 0 Å². The van der Waals surface area contributed by atoms with Crippen LogP contribution in [0.5, 0.6) is 0 Å². The summed E-state index contributed by atoms with van der Waals surface area (Å²) in [5, 5.41) is 3.38. The number of esters is 1. The van der Waals surface area contributed by atoms with Crippen LogP contribution >= 0.6 is 0 Å². The van der Waals surface area contributed by atoms with Gasteiger partial charge in [-0.25, -0.2) is 4.79 Å². The summed E-state index contributed by atoms with van der Waals surface area (Å²) >= 11 is 0. The van der Waals surface area contributed by atoms with Gasteiger partial charge in [0, 0.05) is 64.8 Å². The molecule has 1 amide bonds. The van der Waals surface area contributed by atoms with Gasteiger partial charge in [0.15, 0.2) is 0 Å². The summed E-state index contributed by atoms with van der Waals surface area (Å²) < 4.78 is 11.5. The van der Waals surface area contributed by atoms with Crippen LogP contribution in [0.1, 0.15) is 36.8 Å². The molecular weight excluding hydrogens is 480 g/mol. The minimum absolute atomic E-state index is 0.118. The Morgan fingerprint density at radius 3 is 2.24 bits per heavy atom. The Balaban J connectivity index is 1.19. The maximum atomic E-state index is 13.2. The van der Waals surface area contributed by atoms with E-state index in [1.54, 1.807) is 0 Å². The van der Waals surface area contributed by atoms with E-state index in [9.17, 15) is 9.59 Å². The van der Waals surface area contributed by atoms with Crippen LogP contribution in [0.15, 0.2) is 60.7 Å². The van der Waals surface area contributed by atoms with E-state index in [2.05, 4.69) is 39.4 Å². The van der Waals surface area contributed by atoms with E-state index in [0.717, 1.165) is 64.2 Å². The van der Waals surface area contributed by atoms with Gasteiger partial charge in [0.1, 0.15) is 12.7 Å². The Morgan fingerprint density at radius 1 is 0.895 bits per heavy atom. The number of carbonyl (C=O) groups excluding carboxylic acids is 2. The van der Waals surface area contributed by atoms with Crippen molar-refractivity contribution >= 4 is 12.1 Å². The van der Waals surface area contributed by atoms with Gasteiger partial charge in [-0.05, 0) is 30.4 Å². The fourth-order valence-corrected chi connectivity index (χ4v) is 5.91. The number of piperazine rings is 1. The van der Waals surface area contributed by atoms with E-state index in [0.29, 0.717) is 13.0 Å². The molecule has 3 heterocycles. The SMILES string of the molecule is O=C(CCC1C(CN2CCNCC2)OC(=O)N1C1CCN(Cc2ccccc2)CC1)OCc1ccccc1. The monoisotopic (exact) mass is 520 g/mol. The van der Waals surface area contributed by atoms with Crippen molar-refractivity contribution in [2.45, 2.75) is 57.0 Å². The van der Waals surface area contributed by atoms with Gasteiger partial charge < -0.3 is 14.8 Å². The Bertz CT molecular complexity index is 1020. The van der Waals surface area contributed by atoms with Crippen LogP contribution < -0.4 is 5.32 Å².